The average molecular weight is 459 g/mol. The number of hydrogen-bond acceptors (Lipinski definition) is 7. The molecule has 0 bridgehead atoms. The number of carbonyl (C=O) groups excluding carboxylic acids is 1. The van der Waals surface area contributed by atoms with Crippen LogP contribution in [-0.4, -0.2) is 52.4 Å². The van der Waals surface area contributed by atoms with Crippen LogP contribution in [0.5, 0.6) is 5.75 Å². The molecule has 1 aliphatic heterocycles. The lowest BCUT2D eigenvalue weighted by Crippen LogP contribution is -2.36. The van der Waals surface area contributed by atoms with Gasteiger partial charge in [-0.15, -0.1) is 0 Å². The minimum atomic E-state index is -0.0715. The number of ether oxygens (including phenoxy) is 2. The molecule has 0 saturated carbocycles. The van der Waals surface area contributed by atoms with Gasteiger partial charge in [-0.3, -0.25) is 9.78 Å². The standard InChI is InChI=1S/C26H26N4O4/c1-18-24(29-34-28-18)17-33-25-9-5-3-7-22(25)26(31)30-10-11-32-16-20(15-30)12-19-13-21-6-2-4-8-23(21)27-14-19/h2-9,13-14,20H,10-12,15-17H2,1H3/t20-/m0/s1. The van der Waals surface area contributed by atoms with Crippen molar-refractivity contribution < 1.29 is 18.9 Å². The lowest BCUT2D eigenvalue weighted by molar-refractivity contribution is 0.0732. The number of rotatable bonds is 6. The summed E-state index contributed by atoms with van der Waals surface area (Å²) in [6.07, 6.45) is 2.71. The molecule has 8 nitrogen and oxygen atoms in total. The number of pyridine rings is 1. The SMILES string of the molecule is Cc1nonc1COc1ccccc1C(=O)N1CCOC[C@@H](Cc2cnc3ccccc3c2)C1. The Morgan fingerprint density at radius 1 is 1.15 bits per heavy atom. The van der Waals surface area contributed by atoms with E-state index in [0.29, 0.717) is 49.0 Å². The van der Waals surface area contributed by atoms with Gasteiger partial charge in [0, 0.05) is 30.6 Å². The number of carbonyl (C=O) groups is 1. The first-order chi connectivity index (χ1) is 16.7. The van der Waals surface area contributed by atoms with E-state index >= 15 is 0 Å². The maximum absolute atomic E-state index is 13.5. The molecule has 8 heteroatoms. The van der Waals surface area contributed by atoms with Gasteiger partial charge in [-0.25, -0.2) is 4.63 Å². The lowest BCUT2D eigenvalue weighted by Gasteiger charge is -2.24. The molecule has 0 N–H and O–H groups in total. The summed E-state index contributed by atoms with van der Waals surface area (Å²) in [5.41, 5.74) is 3.91. The molecule has 1 amide bonds. The summed E-state index contributed by atoms with van der Waals surface area (Å²) in [5.74, 6) is 0.611. The summed E-state index contributed by atoms with van der Waals surface area (Å²) >= 11 is 0. The number of para-hydroxylation sites is 2. The van der Waals surface area contributed by atoms with Crippen LogP contribution in [0, 0.1) is 12.8 Å². The maximum atomic E-state index is 13.5. The van der Waals surface area contributed by atoms with Crippen molar-refractivity contribution in [3.8, 4) is 5.75 Å². The molecule has 5 rings (SSSR count). The van der Waals surface area contributed by atoms with Crippen molar-refractivity contribution >= 4 is 16.8 Å². The monoisotopic (exact) mass is 458 g/mol. The van der Waals surface area contributed by atoms with Gasteiger partial charge < -0.3 is 14.4 Å². The van der Waals surface area contributed by atoms with Gasteiger partial charge in [-0.05, 0) is 43.2 Å². The zero-order valence-electron chi connectivity index (χ0n) is 19.0. The first kappa shape index (κ1) is 22.0. The van der Waals surface area contributed by atoms with Crippen LogP contribution >= 0.6 is 0 Å². The van der Waals surface area contributed by atoms with Crippen LogP contribution in [-0.2, 0) is 17.8 Å². The Balaban J connectivity index is 1.30. The van der Waals surface area contributed by atoms with Crippen LogP contribution in [0.3, 0.4) is 0 Å². The fraction of sp³-hybridized carbons (Fsp3) is 0.308. The maximum Gasteiger partial charge on any atom is 0.257 e. The number of hydrogen-bond donors (Lipinski definition) is 0. The molecule has 4 aromatic rings. The molecule has 0 aliphatic carbocycles. The zero-order valence-corrected chi connectivity index (χ0v) is 19.0. The van der Waals surface area contributed by atoms with Crippen molar-refractivity contribution in [1.82, 2.24) is 20.2 Å². The molecule has 2 aromatic carbocycles. The van der Waals surface area contributed by atoms with E-state index in [1.165, 1.54) is 0 Å². The van der Waals surface area contributed by atoms with Crippen LogP contribution in [0.2, 0.25) is 0 Å². The number of amides is 1. The molecule has 34 heavy (non-hydrogen) atoms. The second kappa shape index (κ2) is 10.0. The summed E-state index contributed by atoms with van der Waals surface area (Å²) in [6, 6.07) is 17.5. The van der Waals surface area contributed by atoms with Crippen LogP contribution < -0.4 is 4.74 Å². The van der Waals surface area contributed by atoms with Gasteiger partial charge in [0.1, 0.15) is 23.7 Å². The first-order valence-corrected chi connectivity index (χ1v) is 11.4. The normalized spacial score (nSPS) is 16.4. The van der Waals surface area contributed by atoms with Crippen molar-refractivity contribution in [3.63, 3.8) is 0 Å². The van der Waals surface area contributed by atoms with E-state index in [4.69, 9.17) is 14.1 Å². The third kappa shape index (κ3) is 4.92. The summed E-state index contributed by atoms with van der Waals surface area (Å²) < 4.78 is 16.5. The highest BCUT2D eigenvalue weighted by Gasteiger charge is 2.26. The Labute approximate surface area is 197 Å². The molecule has 174 valence electrons. The van der Waals surface area contributed by atoms with Gasteiger partial charge in [0.2, 0.25) is 0 Å². The Kier molecular flexibility index (Phi) is 6.49. The third-order valence-corrected chi connectivity index (χ3v) is 6.02. The van der Waals surface area contributed by atoms with Gasteiger partial charge in [0.05, 0.1) is 24.3 Å². The number of benzene rings is 2. The molecule has 0 unspecified atom stereocenters. The van der Waals surface area contributed by atoms with Crippen LogP contribution in [0.15, 0.2) is 65.4 Å². The molecule has 0 radical (unpaired) electrons. The van der Waals surface area contributed by atoms with E-state index in [2.05, 4.69) is 27.4 Å². The minimum Gasteiger partial charge on any atom is -0.486 e. The molecule has 1 saturated heterocycles. The molecule has 0 spiro atoms. The summed E-state index contributed by atoms with van der Waals surface area (Å²) in [5, 5.41) is 8.74. The second-order valence-electron chi connectivity index (χ2n) is 8.51. The number of aryl methyl sites for hydroxylation is 1. The highest BCUT2D eigenvalue weighted by Crippen LogP contribution is 2.24. The highest BCUT2D eigenvalue weighted by atomic mass is 16.6. The van der Waals surface area contributed by atoms with Gasteiger partial charge in [0.25, 0.3) is 5.91 Å². The van der Waals surface area contributed by atoms with Gasteiger partial charge in [-0.1, -0.05) is 40.6 Å². The predicted octanol–water partition coefficient (Wildman–Crippen LogP) is 3.84. The zero-order chi connectivity index (χ0) is 23.3. The van der Waals surface area contributed by atoms with E-state index in [1.807, 2.05) is 41.4 Å². The Bertz CT molecular complexity index is 1290. The average Bonchev–Trinajstić information content (AvgIpc) is 3.13. The van der Waals surface area contributed by atoms with Crippen molar-refractivity contribution in [2.24, 2.45) is 5.92 Å². The van der Waals surface area contributed by atoms with E-state index in [-0.39, 0.29) is 18.4 Å². The summed E-state index contributed by atoms with van der Waals surface area (Å²) in [4.78, 5) is 19.9. The largest absolute Gasteiger partial charge is 0.486 e. The summed E-state index contributed by atoms with van der Waals surface area (Å²) in [6.45, 7) is 4.23. The number of nitrogens with zero attached hydrogens (tertiary/aromatic N) is 4. The van der Waals surface area contributed by atoms with E-state index < -0.39 is 0 Å². The van der Waals surface area contributed by atoms with Crippen molar-refractivity contribution in [2.75, 3.05) is 26.3 Å². The molecule has 1 atom stereocenters. The quantitative estimate of drug-likeness (QED) is 0.434. The topological polar surface area (TPSA) is 90.6 Å². The number of aromatic nitrogens is 3. The van der Waals surface area contributed by atoms with Crippen LogP contribution in [0.25, 0.3) is 10.9 Å². The van der Waals surface area contributed by atoms with Crippen molar-refractivity contribution in [1.29, 1.82) is 0 Å². The third-order valence-electron chi connectivity index (χ3n) is 6.02. The highest BCUT2D eigenvalue weighted by molar-refractivity contribution is 5.97. The van der Waals surface area contributed by atoms with Crippen LogP contribution in [0.4, 0.5) is 0 Å². The van der Waals surface area contributed by atoms with E-state index in [9.17, 15) is 4.79 Å². The minimum absolute atomic E-state index is 0.0715. The Hall–Kier alpha value is -3.78. The first-order valence-electron chi connectivity index (χ1n) is 11.4. The van der Waals surface area contributed by atoms with Gasteiger partial charge >= 0.3 is 0 Å². The smallest absolute Gasteiger partial charge is 0.257 e. The molecule has 3 heterocycles. The Morgan fingerprint density at radius 3 is 2.88 bits per heavy atom. The molecular formula is C26H26N4O4. The molecule has 2 aromatic heterocycles. The van der Waals surface area contributed by atoms with Gasteiger partial charge in [0.15, 0.2) is 0 Å². The molecular weight excluding hydrogens is 432 g/mol. The summed E-state index contributed by atoms with van der Waals surface area (Å²) in [7, 11) is 0. The number of fused-ring (bicyclic) bond motifs is 1. The van der Waals surface area contributed by atoms with Gasteiger partial charge in [-0.2, -0.15) is 0 Å². The van der Waals surface area contributed by atoms with Crippen molar-refractivity contribution in [3.05, 3.63) is 83.3 Å². The predicted molar refractivity (Wildman–Crippen MR) is 125 cm³/mol. The fourth-order valence-corrected chi connectivity index (χ4v) is 4.22. The lowest BCUT2D eigenvalue weighted by atomic mass is 9.99. The molecule has 1 fully saturated rings. The van der Waals surface area contributed by atoms with Crippen molar-refractivity contribution in [2.45, 2.75) is 20.0 Å². The van der Waals surface area contributed by atoms with E-state index in [1.54, 1.807) is 19.1 Å². The Morgan fingerprint density at radius 2 is 2.00 bits per heavy atom. The van der Waals surface area contributed by atoms with E-state index in [0.717, 1.165) is 22.9 Å². The fourth-order valence-electron chi connectivity index (χ4n) is 4.22. The second-order valence-corrected chi connectivity index (χ2v) is 8.51. The van der Waals surface area contributed by atoms with Crippen LogP contribution in [0.1, 0.15) is 27.3 Å². The molecule has 1 aliphatic rings.